The molecular formula is C24H33N5O3S. The van der Waals surface area contributed by atoms with Gasteiger partial charge in [0.15, 0.2) is 6.23 Å². The van der Waals surface area contributed by atoms with E-state index in [1.54, 1.807) is 23.3 Å². The van der Waals surface area contributed by atoms with Crippen LogP contribution in [0.15, 0.2) is 29.0 Å². The smallest absolute Gasteiger partial charge is 0.410 e. The van der Waals surface area contributed by atoms with Crippen LogP contribution >= 0.6 is 11.3 Å². The lowest BCUT2D eigenvalue weighted by Crippen LogP contribution is -2.51. The summed E-state index contributed by atoms with van der Waals surface area (Å²) in [6, 6.07) is 6.23. The van der Waals surface area contributed by atoms with Gasteiger partial charge in [0.05, 0.1) is 15.8 Å². The summed E-state index contributed by atoms with van der Waals surface area (Å²) in [4.78, 5) is 23.9. The number of likely N-dealkylation sites (tertiary alicyclic amines) is 1. The average molecular weight is 472 g/mol. The van der Waals surface area contributed by atoms with Crippen LogP contribution in [-0.2, 0) is 9.47 Å². The second-order valence-corrected chi connectivity index (χ2v) is 10.6. The maximum Gasteiger partial charge on any atom is 0.410 e. The number of hydrogen-bond acceptors (Lipinski definition) is 8. The van der Waals surface area contributed by atoms with Gasteiger partial charge in [0, 0.05) is 26.2 Å². The van der Waals surface area contributed by atoms with Gasteiger partial charge in [-0.15, -0.1) is 11.3 Å². The summed E-state index contributed by atoms with van der Waals surface area (Å²) in [6.45, 7) is 11.0. The second-order valence-electron chi connectivity index (χ2n) is 9.57. The highest BCUT2D eigenvalue weighted by Gasteiger charge is 2.32. The van der Waals surface area contributed by atoms with E-state index >= 15 is 0 Å². The molecule has 2 aliphatic rings. The Morgan fingerprint density at radius 2 is 2.09 bits per heavy atom. The number of ether oxygens (including phenoxy) is 2. The number of carbonyl (C=O) groups is 1. The number of methoxy groups -OCH3 is 1. The third-order valence-electron chi connectivity index (χ3n) is 5.62. The van der Waals surface area contributed by atoms with Crippen LogP contribution in [0, 0.1) is 6.92 Å². The third kappa shape index (κ3) is 5.30. The molecule has 0 saturated carbocycles. The van der Waals surface area contributed by atoms with Crippen LogP contribution in [0.25, 0.3) is 15.8 Å². The number of nitrogens with zero attached hydrogens (tertiary/aromatic N) is 3. The van der Waals surface area contributed by atoms with Gasteiger partial charge in [0.2, 0.25) is 0 Å². The molecule has 0 bridgehead atoms. The van der Waals surface area contributed by atoms with Gasteiger partial charge >= 0.3 is 6.09 Å². The van der Waals surface area contributed by atoms with Gasteiger partial charge in [0.1, 0.15) is 22.3 Å². The molecule has 2 aromatic rings. The van der Waals surface area contributed by atoms with E-state index in [-0.39, 0.29) is 12.1 Å². The minimum Gasteiger partial charge on any atom is -0.444 e. The molecule has 178 valence electrons. The Morgan fingerprint density at radius 3 is 2.79 bits per heavy atom. The predicted molar refractivity (Wildman–Crippen MR) is 132 cm³/mol. The van der Waals surface area contributed by atoms with Crippen molar-refractivity contribution >= 4 is 39.1 Å². The third-order valence-corrected chi connectivity index (χ3v) is 6.86. The van der Waals surface area contributed by atoms with E-state index in [1.165, 1.54) is 5.56 Å². The number of nitrogens with one attached hydrogen (secondary N) is 2. The van der Waals surface area contributed by atoms with E-state index in [9.17, 15) is 4.79 Å². The Morgan fingerprint density at radius 1 is 1.30 bits per heavy atom. The van der Waals surface area contributed by atoms with E-state index in [0.717, 1.165) is 45.3 Å². The maximum atomic E-state index is 12.6. The number of amidine groups is 1. The number of amides is 1. The van der Waals surface area contributed by atoms with Gasteiger partial charge in [-0.1, -0.05) is 12.1 Å². The van der Waals surface area contributed by atoms with Gasteiger partial charge in [-0.3, -0.25) is 0 Å². The molecule has 0 spiro atoms. The van der Waals surface area contributed by atoms with Crippen LogP contribution in [0.3, 0.4) is 0 Å². The molecule has 2 atom stereocenters. The number of piperidine rings is 1. The maximum absolute atomic E-state index is 12.6. The van der Waals surface area contributed by atoms with Gasteiger partial charge in [-0.2, -0.15) is 0 Å². The van der Waals surface area contributed by atoms with Crippen LogP contribution in [0.1, 0.15) is 51.1 Å². The Hall–Kier alpha value is -2.65. The molecule has 1 amide bonds. The summed E-state index contributed by atoms with van der Waals surface area (Å²) in [5.74, 6) is 1.60. The van der Waals surface area contributed by atoms with Crippen LogP contribution in [0.5, 0.6) is 0 Å². The molecule has 1 aromatic heterocycles. The Kier molecular flexibility index (Phi) is 6.63. The number of benzene rings is 1. The van der Waals surface area contributed by atoms with Crippen molar-refractivity contribution in [3.63, 3.8) is 0 Å². The molecule has 2 N–H and O–H groups in total. The van der Waals surface area contributed by atoms with Crippen molar-refractivity contribution in [2.45, 2.75) is 65.3 Å². The first-order chi connectivity index (χ1) is 15.6. The summed E-state index contributed by atoms with van der Waals surface area (Å²) in [5.41, 5.74) is 2.54. The van der Waals surface area contributed by atoms with E-state index < -0.39 is 11.8 Å². The van der Waals surface area contributed by atoms with Crippen LogP contribution in [0.4, 0.5) is 4.79 Å². The van der Waals surface area contributed by atoms with E-state index in [0.29, 0.717) is 13.1 Å². The highest BCUT2D eigenvalue weighted by molar-refractivity contribution is 7.19. The Labute approximate surface area is 199 Å². The van der Waals surface area contributed by atoms with Crippen molar-refractivity contribution in [2.24, 2.45) is 4.99 Å². The summed E-state index contributed by atoms with van der Waals surface area (Å²) in [6.07, 6.45) is 1.12. The molecular weight excluding hydrogens is 438 g/mol. The normalized spacial score (nSPS) is 21.6. The van der Waals surface area contributed by atoms with Gasteiger partial charge in [-0.25, -0.2) is 14.8 Å². The first kappa shape index (κ1) is 23.5. The fourth-order valence-corrected chi connectivity index (χ4v) is 5.23. The molecule has 1 fully saturated rings. The summed E-state index contributed by atoms with van der Waals surface area (Å²) >= 11 is 1.65. The lowest BCUT2D eigenvalue weighted by atomic mass is 10.1. The van der Waals surface area contributed by atoms with Crippen molar-refractivity contribution in [1.29, 1.82) is 0 Å². The van der Waals surface area contributed by atoms with Gasteiger partial charge in [0.25, 0.3) is 0 Å². The van der Waals surface area contributed by atoms with Gasteiger partial charge < -0.3 is 25.0 Å². The highest BCUT2D eigenvalue weighted by atomic mass is 32.1. The largest absolute Gasteiger partial charge is 0.444 e. The zero-order chi connectivity index (χ0) is 23.8. The van der Waals surface area contributed by atoms with E-state index in [4.69, 9.17) is 14.5 Å². The topological polar surface area (TPSA) is 88.1 Å². The number of fused-ring (bicyclic) bond motifs is 1. The predicted octanol–water partition coefficient (Wildman–Crippen LogP) is 4.26. The molecule has 1 unspecified atom stereocenters. The van der Waals surface area contributed by atoms with Crippen LogP contribution in [-0.4, -0.2) is 59.9 Å². The van der Waals surface area contributed by atoms with Crippen molar-refractivity contribution in [3.05, 3.63) is 34.6 Å². The van der Waals surface area contributed by atoms with Crippen molar-refractivity contribution in [2.75, 3.05) is 20.2 Å². The molecule has 33 heavy (non-hydrogen) atoms. The monoisotopic (exact) mass is 471 g/mol. The minimum atomic E-state index is -0.512. The number of carbonyl (C=O) groups excluding carboxylic acids is 1. The first-order valence-electron chi connectivity index (χ1n) is 11.3. The number of rotatable bonds is 4. The molecule has 8 nitrogen and oxygen atoms in total. The molecule has 4 rings (SSSR count). The lowest BCUT2D eigenvalue weighted by Gasteiger charge is -2.36. The van der Waals surface area contributed by atoms with Crippen LogP contribution < -0.4 is 10.6 Å². The molecule has 1 saturated heterocycles. The second kappa shape index (κ2) is 9.30. The fourth-order valence-electron chi connectivity index (χ4n) is 4.13. The summed E-state index contributed by atoms with van der Waals surface area (Å²) in [7, 11) is 1.66. The Bertz CT molecular complexity index is 1100. The summed E-state index contributed by atoms with van der Waals surface area (Å²) < 4.78 is 12.5. The molecule has 3 heterocycles. The van der Waals surface area contributed by atoms with Gasteiger partial charge in [-0.05, 0) is 59.1 Å². The number of hydrogen-bond donors (Lipinski definition) is 2. The zero-order valence-electron chi connectivity index (χ0n) is 20.2. The first-order valence-corrected chi connectivity index (χ1v) is 12.2. The quantitative estimate of drug-likeness (QED) is 0.693. The molecule has 2 aliphatic heterocycles. The molecule has 0 aliphatic carbocycles. The Balaban J connectivity index is 1.63. The zero-order valence-corrected chi connectivity index (χ0v) is 21.0. The van der Waals surface area contributed by atoms with Crippen molar-refractivity contribution < 1.29 is 14.3 Å². The summed E-state index contributed by atoms with van der Waals surface area (Å²) in [5, 5.41) is 7.89. The number of thiazole rings is 1. The highest BCUT2D eigenvalue weighted by Crippen LogP contribution is 2.34. The molecule has 9 heteroatoms. The van der Waals surface area contributed by atoms with Crippen molar-refractivity contribution in [1.82, 2.24) is 20.5 Å². The average Bonchev–Trinajstić information content (AvgIpc) is 3.17. The lowest BCUT2D eigenvalue weighted by molar-refractivity contribution is 0.0190. The van der Waals surface area contributed by atoms with E-state index in [1.807, 2.05) is 39.8 Å². The van der Waals surface area contributed by atoms with Crippen molar-refractivity contribution in [3.8, 4) is 0 Å². The number of aromatic nitrogens is 1. The standard InChI is InChI=1S/C24H33N5O3S/c1-14-9-7-11-17-19(14)33-22(28-17)18-20(25-15(2)26-21(18)31-6)27-16-10-8-12-29(13-16)23(30)32-24(3,4)5/h7,9,11,16,21,27H,8,10,12-13H2,1-6H3,(H,25,26)/t16-,21?/m1/s1. The van der Waals surface area contributed by atoms with Crippen LogP contribution in [0.2, 0.25) is 0 Å². The number of aryl methyl sites for hydroxylation is 1. The number of aliphatic imine (C=N–C) groups is 1. The fraction of sp³-hybridized carbons (Fsp3) is 0.542. The SMILES string of the molecule is COC1N=C(C)NC(N[C@@H]2CCCN(C(=O)OC(C)(C)C)C2)=C1c1nc2cccc(C)c2s1. The van der Waals surface area contributed by atoms with E-state index in [2.05, 4.69) is 28.6 Å². The molecule has 1 aromatic carbocycles. The molecule has 0 radical (unpaired) electrons. The minimum absolute atomic E-state index is 0.0725.